The number of nitrogens with one attached hydrogen (secondary N) is 3. The van der Waals surface area contributed by atoms with Crippen LogP contribution < -0.4 is 16.0 Å². The Morgan fingerprint density at radius 3 is 1.66 bits per heavy atom. The average Bonchev–Trinajstić information content (AvgIpc) is 3.61. The molecule has 2 aromatic rings. The first-order chi connectivity index (χ1) is 14.0. The highest BCUT2D eigenvalue weighted by molar-refractivity contribution is 5.97. The van der Waals surface area contributed by atoms with Crippen molar-refractivity contribution in [1.82, 2.24) is 5.32 Å². The first-order valence-electron chi connectivity index (χ1n) is 10.1. The molecule has 0 spiro atoms. The summed E-state index contributed by atoms with van der Waals surface area (Å²) in [5, 5.41) is 8.75. The zero-order valence-corrected chi connectivity index (χ0v) is 16.4. The molecule has 3 N–H and O–H groups in total. The molecule has 29 heavy (non-hydrogen) atoms. The Labute approximate surface area is 170 Å². The predicted molar refractivity (Wildman–Crippen MR) is 111 cm³/mol. The normalized spacial score (nSPS) is 16.6. The van der Waals surface area contributed by atoms with Gasteiger partial charge in [0.15, 0.2) is 0 Å². The SMILES string of the molecule is CC(NC(=O)c1ccc(NC(=O)C2CC2)cc1)c1ccc(NC(=O)C2CC2)cc1. The number of benzene rings is 2. The highest BCUT2D eigenvalue weighted by Crippen LogP contribution is 2.31. The Balaban J connectivity index is 1.31. The number of hydrogen-bond acceptors (Lipinski definition) is 3. The Bertz CT molecular complexity index is 913. The van der Waals surface area contributed by atoms with Gasteiger partial charge in [-0.1, -0.05) is 12.1 Å². The Kier molecular flexibility index (Phi) is 5.34. The fourth-order valence-corrected chi connectivity index (χ4v) is 3.10. The van der Waals surface area contributed by atoms with E-state index in [-0.39, 0.29) is 35.6 Å². The molecule has 6 heteroatoms. The standard InChI is InChI=1S/C23H25N3O3/c1-14(15-6-10-19(11-7-15)25-22(28)16-2-3-16)24-21(27)18-8-12-20(13-9-18)26-23(29)17-4-5-17/h6-14,16-17H,2-5H2,1H3,(H,24,27)(H,25,28)(H,26,29). The van der Waals surface area contributed by atoms with Gasteiger partial charge in [-0.3, -0.25) is 14.4 Å². The van der Waals surface area contributed by atoms with Crippen molar-refractivity contribution in [2.75, 3.05) is 10.6 Å². The van der Waals surface area contributed by atoms with Gasteiger partial charge in [0.05, 0.1) is 6.04 Å². The van der Waals surface area contributed by atoms with Crippen molar-refractivity contribution in [2.24, 2.45) is 11.8 Å². The summed E-state index contributed by atoms with van der Waals surface area (Å²) in [6.45, 7) is 1.92. The lowest BCUT2D eigenvalue weighted by Gasteiger charge is -2.15. The molecule has 0 heterocycles. The van der Waals surface area contributed by atoms with Crippen LogP contribution in [0.3, 0.4) is 0 Å². The quantitative estimate of drug-likeness (QED) is 0.669. The summed E-state index contributed by atoms with van der Waals surface area (Å²) >= 11 is 0. The van der Waals surface area contributed by atoms with Gasteiger partial charge in [-0.25, -0.2) is 0 Å². The third-order valence-electron chi connectivity index (χ3n) is 5.34. The maximum atomic E-state index is 12.5. The molecular weight excluding hydrogens is 366 g/mol. The minimum absolute atomic E-state index is 0.0487. The highest BCUT2D eigenvalue weighted by atomic mass is 16.2. The van der Waals surface area contributed by atoms with Gasteiger partial charge in [-0.2, -0.15) is 0 Å². The van der Waals surface area contributed by atoms with E-state index in [9.17, 15) is 14.4 Å². The molecule has 2 saturated carbocycles. The summed E-state index contributed by atoms with van der Waals surface area (Å²) in [4.78, 5) is 36.1. The fraction of sp³-hybridized carbons (Fsp3) is 0.348. The topological polar surface area (TPSA) is 87.3 Å². The minimum Gasteiger partial charge on any atom is -0.346 e. The van der Waals surface area contributed by atoms with Gasteiger partial charge in [0.1, 0.15) is 0 Å². The van der Waals surface area contributed by atoms with Crippen LogP contribution in [-0.2, 0) is 9.59 Å². The second-order valence-electron chi connectivity index (χ2n) is 7.92. The first kappa shape index (κ1) is 19.2. The maximum absolute atomic E-state index is 12.5. The molecule has 1 unspecified atom stereocenters. The fourth-order valence-electron chi connectivity index (χ4n) is 3.10. The minimum atomic E-state index is -0.177. The lowest BCUT2D eigenvalue weighted by atomic mass is 10.1. The Hall–Kier alpha value is -3.15. The van der Waals surface area contributed by atoms with Crippen molar-refractivity contribution in [3.05, 3.63) is 59.7 Å². The molecule has 2 fully saturated rings. The number of rotatable bonds is 7. The molecule has 6 nitrogen and oxygen atoms in total. The van der Waals surface area contributed by atoms with E-state index in [1.54, 1.807) is 24.3 Å². The van der Waals surface area contributed by atoms with Crippen LogP contribution in [0, 0.1) is 11.8 Å². The Morgan fingerprint density at radius 2 is 1.21 bits per heavy atom. The van der Waals surface area contributed by atoms with Crippen LogP contribution in [0.25, 0.3) is 0 Å². The van der Waals surface area contributed by atoms with E-state index >= 15 is 0 Å². The molecule has 0 bridgehead atoms. The third-order valence-corrected chi connectivity index (χ3v) is 5.34. The van der Waals surface area contributed by atoms with E-state index < -0.39 is 0 Å². The van der Waals surface area contributed by atoms with E-state index in [1.165, 1.54) is 0 Å². The highest BCUT2D eigenvalue weighted by Gasteiger charge is 2.30. The van der Waals surface area contributed by atoms with Crippen LogP contribution in [-0.4, -0.2) is 17.7 Å². The van der Waals surface area contributed by atoms with Crippen LogP contribution in [0.15, 0.2) is 48.5 Å². The summed E-state index contributed by atoms with van der Waals surface area (Å²) in [7, 11) is 0. The summed E-state index contributed by atoms with van der Waals surface area (Å²) in [6, 6.07) is 14.3. The first-order valence-corrected chi connectivity index (χ1v) is 10.1. The monoisotopic (exact) mass is 391 g/mol. The van der Waals surface area contributed by atoms with Gasteiger partial charge in [0, 0.05) is 28.8 Å². The molecule has 0 radical (unpaired) electrons. The van der Waals surface area contributed by atoms with Crippen LogP contribution in [0.5, 0.6) is 0 Å². The van der Waals surface area contributed by atoms with E-state index in [2.05, 4.69) is 16.0 Å². The van der Waals surface area contributed by atoms with Gasteiger partial charge >= 0.3 is 0 Å². The summed E-state index contributed by atoms with van der Waals surface area (Å²) in [6.07, 6.45) is 3.86. The van der Waals surface area contributed by atoms with Crippen LogP contribution in [0.2, 0.25) is 0 Å². The molecule has 2 aromatic carbocycles. The molecule has 3 amide bonds. The number of carbonyl (C=O) groups is 3. The molecule has 0 aromatic heterocycles. The lowest BCUT2D eigenvalue weighted by Crippen LogP contribution is -2.26. The molecule has 150 valence electrons. The van der Waals surface area contributed by atoms with Crippen LogP contribution in [0.1, 0.15) is 54.6 Å². The molecular formula is C23H25N3O3. The van der Waals surface area contributed by atoms with Crippen molar-refractivity contribution in [1.29, 1.82) is 0 Å². The molecule has 2 aliphatic carbocycles. The summed E-state index contributed by atoms with van der Waals surface area (Å²) in [5.41, 5.74) is 2.97. The van der Waals surface area contributed by atoms with Gasteiger partial charge in [0.25, 0.3) is 5.91 Å². The van der Waals surface area contributed by atoms with Gasteiger partial charge < -0.3 is 16.0 Å². The maximum Gasteiger partial charge on any atom is 0.251 e. The van der Waals surface area contributed by atoms with Crippen molar-refractivity contribution in [2.45, 2.75) is 38.6 Å². The average molecular weight is 391 g/mol. The van der Waals surface area contributed by atoms with Gasteiger partial charge in [-0.05, 0) is 74.6 Å². The largest absolute Gasteiger partial charge is 0.346 e. The number of carbonyl (C=O) groups excluding carboxylic acids is 3. The zero-order valence-electron chi connectivity index (χ0n) is 16.4. The molecule has 0 aliphatic heterocycles. The molecule has 1 atom stereocenters. The van der Waals surface area contributed by atoms with E-state index in [1.807, 2.05) is 31.2 Å². The van der Waals surface area contributed by atoms with E-state index in [4.69, 9.17) is 0 Å². The van der Waals surface area contributed by atoms with Crippen molar-refractivity contribution in [3.63, 3.8) is 0 Å². The summed E-state index contributed by atoms with van der Waals surface area (Å²) < 4.78 is 0. The molecule has 2 aliphatic rings. The Morgan fingerprint density at radius 1 is 0.759 bits per heavy atom. The van der Waals surface area contributed by atoms with E-state index in [0.29, 0.717) is 11.3 Å². The van der Waals surface area contributed by atoms with Gasteiger partial charge in [0.2, 0.25) is 11.8 Å². The second kappa shape index (κ2) is 8.07. The van der Waals surface area contributed by atoms with Crippen molar-refractivity contribution in [3.8, 4) is 0 Å². The smallest absolute Gasteiger partial charge is 0.251 e. The van der Waals surface area contributed by atoms with Crippen molar-refractivity contribution < 1.29 is 14.4 Å². The van der Waals surface area contributed by atoms with Crippen LogP contribution in [0.4, 0.5) is 11.4 Å². The van der Waals surface area contributed by atoms with Gasteiger partial charge in [-0.15, -0.1) is 0 Å². The predicted octanol–water partition coefficient (Wildman–Crippen LogP) is 3.87. The number of hydrogen-bond donors (Lipinski definition) is 3. The van der Waals surface area contributed by atoms with Crippen LogP contribution >= 0.6 is 0 Å². The molecule has 4 rings (SSSR count). The second-order valence-corrected chi connectivity index (χ2v) is 7.92. The number of anilines is 2. The number of amides is 3. The molecule has 0 saturated heterocycles. The summed E-state index contributed by atoms with van der Waals surface area (Å²) in [5.74, 6) is 0.265. The third kappa shape index (κ3) is 5.02. The lowest BCUT2D eigenvalue weighted by molar-refractivity contribution is -0.118. The van der Waals surface area contributed by atoms with Crippen molar-refractivity contribution >= 4 is 29.1 Å². The zero-order chi connectivity index (χ0) is 20.4. The van der Waals surface area contributed by atoms with E-state index in [0.717, 1.165) is 36.9 Å².